The molecule has 0 spiro atoms. The van der Waals surface area contributed by atoms with E-state index in [1.54, 1.807) is 36.4 Å². The summed E-state index contributed by atoms with van der Waals surface area (Å²) in [6, 6.07) is 9.98. The molecule has 1 aliphatic rings. The highest BCUT2D eigenvalue weighted by Crippen LogP contribution is 2.35. The number of halogens is 1. The average Bonchev–Trinajstić information content (AvgIpc) is 2.81. The molecule has 0 heterocycles. The van der Waals surface area contributed by atoms with Crippen molar-refractivity contribution in [3.8, 4) is 11.5 Å². The normalized spacial score (nSPS) is 13.1. The van der Waals surface area contributed by atoms with Crippen molar-refractivity contribution >= 4 is 29.2 Å². The molecule has 0 unspecified atom stereocenters. The van der Waals surface area contributed by atoms with Crippen LogP contribution in [0.4, 0.5) is 0 Å². The number of allylic oxidation sites excluding steroid dienone is 1. The summed E-state index contributed by atoms with van der Waals surface area (Å²) < 4.78 is 10.4. The summed E-state index contributed by atoms with van der Waals surface area (Å²) in [5.41, 5.74) is 1.45. The van der Waals surface area contributed by atoms with Crippen LogP contribution in [-0.4, -0.2) is 25.8 Å². The Morgan fingerprint density at radius 1 is 0.913 bits per heavy atom. The van der Waals surface area contributed by atoms with Crippen molar-refractivity contribution in [2.24, 2.45) is 0 Å². The Hall–Kier alpha value is -2.59. The van der Waals surface area contributed by atoms with Crippen LogP contribution in [0.25, 0.3) is 6.08 Å². The molecule has 1 aliphatic carbocycles. The molecule has 0 fully saturated rings. The summed E-state index contributed by atoms with van der Waals surface area (Å²) in [6.45, 7) is 0. The zero-order valence-electron chi connectivity index (χ0n) is 12.6. The van der Waals surface area contributed by atoms with Crippen molar-refractivity contribution in [2.45, 2.75) is 0 Å². The number of methoxy groups -OCH3 is 2. The summed E-state index contributed by atoms with van der Waals surface area (Å²) in [5.74, 6) is 0.360. The van der Waals surface area contributed by atoms with E-state index in [9.17, 15) is 9.59 Å². The molecule has 0 amide bonds. The molecule has 0 aromatic heterocycles. The highest BCUT2D eigenvalue weighted by molar-refractivity contribution is 6.41. The summed E-state index contributed by atoms with van der Waals surface area (Å²) in [4.78, 5) is 24.8. The summed E-state index contributed by atoms with van der Waals surface area (Å²) >= 11 is 6.22. The first kappa shape index (κ1) is 15.3. The van der Waals surface area contributed by atoms with Crippen LogP contribution in [-0.2, 0) is 0 Å². The molecule has 2 aromatic rings. The highest BCUT2D eigenvalue weighted by Gasteiger charge is 2.32. The van der Waals surface area contributed by atoms with Crippen LogP contribution in [0.15, 0.2) is 42.0 Å². The van der Waals surface area contributed by atoms with Gasteiger partial charge < -0.3 is 9.47 Å². The van der Waals surface area contributed by atoms with Crippen molar-refractivity contribution in [2.75, 3.05) is 14.2 Å². The monoisotopic (exact) mass is 328 g/mol. The Kier molecular flexibility index (Phi) is 3.92. The van der Waals surface area contributed by atoms with Gasteiger partial charge in [-0.05, 0) is 17.7 Å². The number of ketones is 2. The van der Waals surface area contributed by atoms with Crippen LogP contribution in [0.2, 0.25) is 5.02 Å². The number of hydrogen-bond donors (Lipinski definition) is 0. The number of hydrogen-bond acceptors (Lipinski definition) is 4. The number of ether oxygens (including phenoxy) is 2. The van der Waals surface area contributed by atoms with E-state index >= 15 is 0 Å². The first-order valence-electron chi connectivity index (χ1n) is 6.88. The van der Waals surface area contributed by atoms with Gasteiger partial charge in [0.2, 0.25) is 0 Å². The van der Waals surface area contributed by atoms with Crippen LogP contribution in [0.3, 0.4) is 0 Å². The highest BCUT2D eigenvalue weighted by atomic mass is 35.5. The predicted octanol–water partition coefficient (Wildman–Crippen LogP) is 3.82. The topological polar surface area (TPSA) is 52.6 Å². The van der Waals surface area contributed by atoms with Gasteiger partial charge in [-0.3, -0.25) is 9.59 Å². The van der Waals surface area contributed by atoms with E-state index in [2.05, 4.69) is 0 Å². The Morgan fingerprint density at radius 3 is 1.96 bits per heavy atom. The zero-order chi connectivity index (χ0) is 16.6. The molecule has 2 aromatic carbocycles. The summed E-state index contributed by atoms with van der Waals surface area (Å²) in [7, 11) is 3.01. The van der Waals surface area contributed by atoms with E-state index < -0.39 is 0 Å². The average molecular weight is 329 g/mol. The van der Waals surface area contributed by atoms with Gasteiger partial charge in [0.05, 0.1) is 24.8 Å². The molecule has 4 nitrogen and oxygen atoms in total. The van der Waals surface area contributed by atoms with Crippen LogP contribution < -0.4 is 9.47 Å². The van der Waals surface area contributed by atoms with Gasteiger partial charge in [-0.25, -0.2) is 0 Å². The van der Waals surface area contributed by atoms with Crippen molar-refractivity contribution in [1.82, 2.24) is 0 Å². The molecule has 3 rings (SSSR count). The Balaban J connectivity index is 2.10. The lowest BCUT2D eigenvalue weighted by atomic mass is 10.1. The van der Waals surface area contributed by atoms with Gasteiger partial charge in [0.15, 0.2) is 23.1 Å². The van der Waals surface area contributed by atoms with Crippen LogP contribution in [0, 0.1) is 0 Å². The molecule has 0 bridgehead atoms. The minimum absolute atomic E-state index is 0.0975. The fourth-order valence-corrected chi connectivity index (χ4v) is 2.75. The molecule has 23 heavy (non-hydrogen) atoms. The molecule has 0 radical (unpaired) electrons. The van der Waals surface area contributed by atoms with Gasteiger partial charge in [-0.2, -0.15) is 0 Å². The predicted molar refractivity (Wildman–Crippen MR) is 87.6 cm³/mol. The smallest absolute Gasteiger partial charge is 0.197 e. The van der Waals surface area contributed by atoms with Crippen molar-refractivity contribution < 1.29 is 19.1 Å². The Morgan fingerprint density at radius 2 is 1.43 bits per heavy atom. The maximum Gasteiger partial charge on any atom is 0.197 e. The van der Waals surface area contributed by atoms with Gasteiger partial charge in [0.1, 0.15) is 0 Å². The van der Waals surface area contributed by atoms with Crippen molar-refractivity contribution in [1.29, 1.82) is 0 Å². The van der Waals surface area contributed by atoms with E-state index in [4.69, 9.17) is 21.1 Å². The fraction of sp³-hybridized carbons (Fsp3) is 0.111. The first-order chi connectivity index (χ1) is 11.1. The third-order valence-electron chi connectivity index (χ3n) is 3.71. The fourth-order valence-electron chi connectivity index (χ4n) is 2.54. The van der Waals surface area contributed by atoms with Gasteiger partial charge in [0.25, 0.3) is 0 Å². The lowest BCUT2D eigenvalue weighted by molar-refractivity contribution is 0.0990. The second-order valence-electron chi connectivity index (χ2n) is 4.99. The quantitative estimate of drug-likeness (QED) is 0.635. The lowest BCUT2D eigenvalue weighted by Gasteiger charge is -2.10. The van der Waals surface area contributed by atoms with E-state index in [1.807, 2.05) is 0 Å². The molecule has 116 valence electrons. The van der Waals surface area contributed by atoms with Crippen LogP contribution in [0.5, 0.6) is 11.5 Å². The summed E-state index contributed by atoms with van der Waals surface area (Å²) in [6.07, 6.45) is 1.50. The third kappa shape index (κ3) is 2.51. The minimum atomic E-state index is -0.295. The molecular formula is C18H13ClO4. The maximum atomic E-state index is 12.4. The number of carbonyl (C=O) groups excluding carboxylic acids is 2. The lowest BCUT2D eigenvalue weighted by Crippen LogP contribution is -2.00. The second kappa shape index (κ2) is 5.89. The maximum absolute atomic E-state index is 12.4. The van der Waals surface area contributed by atoms with E-state index in [-0.39, 0.29) is 17.1 Å². The number of rotatable bonds is 3. The van der Waals surface area contributed by atoms with E-state index in [0.29, 0.717) is 33.2 Å². The molecule has 0 N–H and O–H groups in total. The van der Waals surface area contributed by atoms with Crippen molar-refractivity contribution in [3.05, 3.63) is 63.7 Å². The number of benzene rings is 2. The number of Topliss-reactive ketones (excluding diaryl/α,β-unsaturated/α-hetero) is 2. The van der Waals surface area contributed by atoms with Crippen molar-refractivity contribution in [3.63, 3.8) is 0 Å². The van der Waals surface area contributed by atoms with Gasteiger partial charge in [-0.1, -0.05) is 35.9 Å². The molecule has 0 saturated heterocycles. The van der Waals surface area contributed by atoms with Gasteiger partial charge in [0, 0.05) is 17.2 Å². The Labute approximate surface area is 138 Å². The largest absolute Gasteiger partial charge is 0.493 e. The second-order valence-corrected chi connectivity index (χ2v) is 5.40. The van der Waals surface area contributed by atoms with E-state index in [1.165, 1.54) is 20.3 Å². The first-order valence-corrected chi connectivity index (χ1v) is 7.26. The number of carbonyl (C=O) groups is 2. The molecular weight excluding hydrogens is 316 g/mol. The molecule has 5 heteroatoms. The Bertz CT molecular complexity index is 815. The minimum Gasteiger partial charge on any atom is -0.493 e. The zero-order valence-corrected chi connectivity index (χ0v) is 13.3. The van der Waals surface area contributed by atoms with Crippen LogP contribution in [0.1, 0.15) is 26.3 Å². The standard InChI is InChI=1S/C18H13ClO4/c1-22-15-8-10(14(19)9-16(15)23-2)7-13-17(20)11-5-3-4-6-12(11)18(13)21/h3-9H,1-2H3. The SMILES string of the molecule is COc1cc(Cl)c(C=C2C(=O)c3ccccc3C2=O)cc1OC. The third-order valence-corrected chi connectivity index (χ3v) is 4.04. The van der Waals surface area contributed by atoms with Gasteiger partial charge in [-0.15, -0.1) is 0 Å². The molecule has 0 aliphatic heterocycles. The summed E-state index contributed by atoms with van der Waals surface area (Å²) in [5, 5.41) is 0.367. The number of fused-ring (bicyclic) bond motifs is 1. The van der Waals surface area contributed by atoms with Gasteiger partial charge >= 0.3 is 0 Å². The van der Waals surface area contributed by atoms with E-state index in [0.717, 1.165) is 0 Å². The molecule has 0 atom stereocenters. The van der Waals surface area contributed by atoms with Crippen LogP contribution >= 0.6 is 11.6 Å². The molecule has 0 saturated carbocycles.